The summed E-state index contributed by atoms with van der Waals surface area (Å²) in [5.41, 5.74) is 1.32. The summed E-state index contributed by atoms with van der Waals surface area (Å²) in [6.45, 7) is 8.83. The molecular weight excluding hydrogens is 294 g/mol. The van der Waals surface area contributed by atoms with E-state index in [0.717, 1.165) is 11.3 Å². The standard InChI is InChI=1S/C17H23N3O3/c1-11(2)9-15(21)18-17-16(19-23-20-17)13-5-7-14(8-6-13)22-10-12(3)4/h5-8,11-12H,9-10H2,1-4H3,(H,18,20,21). The molecule has 1 heterocycles. The molecule has 2 rings (SSSR count). The topological polar surface area (TPSA) is 77.2 Å². The minimum atomic E-state index is -0.103. The molecule has 1 aromatic heterocycles. The van der Waals surface area contributed by atoms with E-state index in [1.165, 1.54) is 0 Å². The number of ether oxygens (including phenoxy) is 1. The number of nitrogens with one attached hydrogen (secondary N) is 1. The van der Waals surface area contributed by atoms with E-state index in [0.29, 0.717) is 30.5 Å². The Morgan fingerprint density at radius 1 is 1.13 bits per heavy atom. The lowest BCUT2D eigenvalue weighted by Gasteiger charge is -2.09. The van der Waals surface area contributed by atoms with Crippen molar-refractivity contribution in [3.8, 4) is 17.0 Å². The molecule has 0 saturated carbocycles. The third kappa shape index (κ3) is 5.09. The van der Waals surface area contributed by atoms with Gasteiger partial charge in [0.15, 0.2) is 5.69 Å². The van der Waals surface area contributed by atoms with E-state index >= 15 is 0 Å². The van der Waals surface area contributed by atoms with Crippen molar-refractivity contribution in [1.29, 1.82) is 0 Å². The monoisotopic (exact) mass is 317 g/mol. The molecule has 1 amide bonds. The highest BCUT2D eigenvalue weighted by Gasteiger charge is 2.15. The average molecular weight is 317 g/mol. The SMILES string of the molecule is CC(C)COc1ccc(-c2nonc2NC(=O)CC(C)C)cc1. The average Bonchev–Trinajstić information content (AvgIpc) is 2.92. The quantitative estimate of drug-likeness (QED) is 0.841. The first-order chi connectivity index (χ1) is 11.0. The van der Waals surface area contributed by atoms with Crippen LogP contribution >= 0.6 is 0 Å². The number of carbonyl (C=O) groups excluding carboxylic acids is 1. The van der Waals surface area contributed by atoms with Crippen LogP contribution in [0.25, 0.3) is 11.3 Å². The summed E-state index contributed by atoms with van der Waals surface area (Å²) in [6.07, 6.45) is 0.425. The predicted octanol–water partition coefficient (Wildman–Crippen LogP) is 3.76. The lowest BCUT2D eigenvalue weighted by molar-refractivity contribution is -0.116. The molecule has 0 saturated heterocycles. The maximum absolute atomic E-state index is 11.9. The van der Waals surface area contributed by atoms with E-state index in [-0.39, 0.29) is 11.8 Å². The first kappa shape index (κ1) is 17.0. The second-order valence-corrected chi connectivity index (χ2v) is 6.34. The first-order valence-electron chi connectivity index (χ1n) is 7.81. The minimum absolute atomic E-state index is 0.103. The summed E-state index contributed by atoms with van der Waals surface area (Å²) < 4.78 is 10.4. The van der Waals surface area contributed by atoms with Gasteiger partial charge in [-0.25, -0.2) is 4.63 Å². The van der Waals surface area contributed by atoms with Crippen LogP contribution in [-0.2, 0) is 4.79 Å². The Hall–Kier alpha value is -2.37. The number of carbonyl (C=O) groups is 1. The fourth-order valence-electron chi connectivity index (χ4n) is 1.99. The van der Waals surface area contributed by atoms with Gasteiger partial charge in [-0.3, -0.25) is 4.79 Å². The summed E-state index contributed by atoms with van der Waals surface area (Å²) in [5.74, 6) is 1.78. The Labute approximate surface area is 136 Å². The van der Waals surface area contributed by atoms with E-state index < -0.39 is 0 Å². The maximum atomic E-state index is 11.9. The van der Waals surface area contributed by atoms with Gasteiger partial charge in [0.2, 0.25) is 11.7 Å². The smallest absolute Gasteiger partial charge is 0.225 e. The van der Waals surface area contributed by atoms with E-state index in [4.69, 9.17) is 9.37 Å². The molecule has 23 heavy (non-hydrogen) atoms. The molecule has 2 aromatic rings. The van der Waals surface area contributed by atoms with Crippen molar-refractivity contribution < 1.29 is 14.2 Å². The largest absolute Gasteiger partial charge is 0.493 e. The number of benzene rings is 1. The number of hydrogen-bond donors (Lipinski definition) is 1. The van der Waals surface area contributed by atoms with Gasteiger partial charge in [0.25, 0.3) is 0 Å². The van der Waals surface area contributed by atoms with Gasteiger partial charge in [-0.15, -0.1) is 0 Å². The van der Waals surface area contributed by atoms with Crippen molar-refractivity contribution in [3.63, 3.8) is 0 Å². The van der Waals surface area contributed by atoms with E-state index in [1.807, 2.05) is 38.1 Å². The Morgan fingerprint density at radius 2 is 1.83 bits per heavy atom. The van der Waals surface area contributed by atoms with Crippen LogP contribution in [-0.4, -0.2) is 22.8 Å². The van der Waals surface area contributed by atoms with Crippen molar-refractivity contribution in [2.45, 2.75) is 34.1 Å². The van der Waals surface area contributed by atoms with Gasteiger partial charge >= 0.3 is 0 Å². The van der Waals surface area contributed by atoms with E-state index in [9.17, 15) is 4.79 Å². The van der Waals surface area contributed by atoms with Gasteiger partial charge in [-0.2, -0.15) is 0 Å². The molecule has 6 heteroatoms. The Morgan fingerprint density at radius 3 is 2.43 bits per heavy atom. The number of anilines is 1. The van der Waals surface area contributed by atoms with Crippen LogP contribution in [0.1, 0.15) is 34.1 Å². The number of amides is 1. The first-order valence-corrected chi connectivity index (χ1v) is 7.81. The second kappa shape index (κ2) is 7.76. The van der Waals surface area contributed by atoms with Crippen molar-refractivity contribution in [2.24, 2.45) is 11.8 Å². The molecule has 0 aliphatic heterocycles. The van der Waals surface area contributed by atoms with Gasteiger partial charge in [0.1, 0.15) is 5.75 Å². The molecule has 0 atom stereocenters. The molecule has 0 aliphatic rings. The van der Waals surface area contributed by atoms with Crippen LogP contribution in [0.15, 0.2) is 28.9 Å². The van der Waals surface area contributed by atoms with Crippen LogP contribution in [0.2, 0.25) is 0 Å². The highest BCUT2D eigenvalue weighted by molar-refractivity contribution is 5.93. The molecular formula is C17H23N3O3. The minimum Gasteiger partial charge on any atom is -0.493 e. The van der Waals surface area contributed by atoms with Crippen LogP contribution < -0.4 is 10.1 Å². The molecule has 6 nitrogen and oxygen atoms in total. The van der Waals surface area contributed by atoms with Gasteiger partial charge in [0.05, 0.1) is 6.61 Å². The van der Waals surface area contributed by atoms with Crippen molar-refractivity contribution in [3.05, 3.63) is 24.3 Å². The molecule has 0 bridgehead atoms. The molecule has 0 aliphatic carbocycles. The Bertz CT molecular complexity index is 633. The molecule has 0 fully saturated rings. The zero-order chi connectivity index (χ0) is 16.8. The summed E-state index contributed by atoms with van der Waals surface area (Å²) in [7, 11) is 0. The number of hydrogen-bond acceptors (Lipinski definition) is 5. The fourth-order valence-corrected chi connectivity index (χ4v) is 1.99. The van der Waals surface area contributed by atoms with E-state index in [2.05, 4.69) is 29.5 Å². The third-order valence-electron chi connectivity index (χ3n) is 3.05. The lowest BCUT2D eigenvalue weighted by atomic mass is 10.1. The second-order valence-electron chi connectivity index (χ2n) is 6.34. The highest BCUT2D eigenvalue weighted by atomic mass is 16.6. The predicted molar refractivity (Wildman–Crippen MR) is 88.2 cm³/mol. The normalized spacial score (nSPS) is 11.0. The fraction of sp³-hybridized carbons (Fsp3) is 0.471. The number of nitrogens with zero attached hydrogens (tertiary/aromatic N) is 2. The van der Waals surface area contributed by atoms with E-state index in [1.54, 1.807) is 0 Å². The number of aromatic nitrogens is 2. The van der Waals surface area contributed by atoms with Crippen molar-refractivity contribution >= 4 is 11.7 Å². The lowest BCUT2D eigenvalue weighted by Crippen LogP contribution is -2.14. The Balaban J connectivity index is 2.07. The van der Waals surface area contributed by atoms with Gasteiger partial charge in [-0.05, 0) is 46.4 Å². The van der Waals surface area contributed by atoms with Crippen LogP contribution in [0.3, 0.4) is 0 Å². The summed E-state index contributed by atoms with van der Waals surface area (Å²) in [5, 5.41) is 10.4. The molecule has 124 valence electrons. The highest BCUT2D eigenvalue weighted by Crippen LogP contribution is 2.26. The summed E-state index contributed by atoms with van der Waals surface area (Å²) in [4.78, 5) is 11.9. The third-order valence-corrected chi connectivity index (χ3v) is 3.05. The molecule has 0 spiro atoms. The molecule has 0 radical (unpaired) electrons. The molecule has 1 N–H and O–H groups in total. The van der Waals surface area contributed by atoms with Crippen molar-refractivity contribution in [1.82, 2.24) is 10.3 Å². The summed E-state index contributed by atoms with van der Waals surface area (Å²) in [6, 6.07) is 7.47. The number of rotatable bonds is 7. The van der Waals surface area contributed by atoms with Crippen LogP contribution in [0, 0.1) is 11.8 Å². The van der Waals surface area contributed by atoms with Crippen LogP contribution in [0.5, 0.6) is 5.75 Å². The molecule has 0 unspecified atom stereocenters. The molecule has 1 aromatic carbocycles. The van der Waals surface area contributed by atoms with Gasteiger partial charge in [0, 0.05) is 12.0 Å². The van der Waals surface area contributed by atoms with Crippen molar-refractivity contribution in [2.75, 3.05) is 11.9 Å². The van der Waals surface area contributed by atoms with Crippen LogP contribution in [0.4, 0.5) is 5.82 Å². The maximum Gasteiger partial charge on any atom is 0.225 e. The van der Waals surface area contributed by atoms with Gasteiger partial charge < -0.3 is 10.1 Å². The zero-order valence-electron chi connectivity index (χ0n) is 14.0. The summed E-state index contributed by atoms with van der Waals surface area (Å²) >= 11 is 0. The zero-order valence-corrected chi connectivity index (χ0v) is 14.0. The Kier molecular flexibility index (Phi) is 5.73. The van der Waals surface area contributed by atoms with Gasteiger partial charge in [-0.1, -0.05) is 27.7 Å².